The molecule has 8 nitrogen and oxygen atoms in total. The van der Waals surface area contributed by atoms with Crippen molar-refractivity contribution >= 4 is 63.4 Å². The molecule has 0 unspecified atom stereocenters. The SMILES string of the molecule is O=C(CN1CC[S+]([O-])CC1)N[C@H]1CCN(c2c(Cl)cccc2/C=C2\SC(=O)NC2=O)C1. The van der Waals surface area contributed by atoms with E-state index in [1.807, 2.05) is 11.0 Å². The molecule has 166 valence electrons. The number of benzene rings is 1. The minimum Gasteiger partial charge on any atom is -0.616 e. The second kappa shape index (κ2) is 9.83. The number of nitrogens with one attached hydrogen (secondary N) is 2. The molecular formula is C20H23ClN4O4S2. The van der Waals surface area contributed by atoms with Crippen LogP contribution in [0.2, 0.25) is 5.02 Å². The lowest BCUT2D eigenvalue weighted by Crippen LogP contribution is -2.47. The lowest BCUT2D eigenvalue weighted by molar-refractivity contribution is -0.122. The third-order valence-electron chi connectivity index (χ3n) is 5.45. The van der Waals surface area contributed by atoms with Crippen LogP contribution in [0, 0.1) is 0 Å². The topological polar surface area (TPSA) is 105 Å². The van der Waals surface area contributed by atoms with Gasteiger partial charge in [0.15, 0.2) is 0 Å². The average Bonchev–Trinajstić information content (AvgIpc) is 3.29. The molecule has 3 heterocycles. The fraction of sp³-hybridized carbons (Fsp3) is 0.450. The lowest BCUT2D eigenvalue weighted by Gasteiger charge is -2.28. The molecule has 0 bridgehead atoms. The second-order valence-electron chi connectivity index (χ2n) is 7.65. The van der Waals surface area contributed by atoms with Crippen molar-refractivity contribution in [1.29, 1.82) is 0 Å². The Kier molecular flexibility index (Phi) is 7.12. The van der Waals surface area contributed by atoms with E-state index < -0.39 is 17.1 Å². The molecule has 0 radical (unpaired) electrons. The Labute approximate surface area is 192 Å². The number of amides is 3. The normalized spacial score (nSPS) is 24.1. The molecule has 1 aromatic carbocycles. The standard InChI is InChI=1S/C20H23ClN4O4S2/c21-15-3-1-2-13(10-16-19(27)23-20(28)30-16)18(15)25-5-4-14(11-25)22-17(26)12-24-6-8-31(29)9-7-24/h1-3,10,14H,4-9,11-12H2,(H,22,26)(H,23,27,28)/b16-10-/t14-/m0/s1. The molecule has 31 heavy (non-hydrogen) atoms. The van der Waals surface area contributed by atoms with E-state index >= 15 is 0 Å². The number of para-hydroxylation sites is 1. The number of hydrogen-bond acceptors (Lipinski definition) is 7. The summed E-state index contributed by atoms with van der Waals surface area (Å²) in [4.78, 5) is 40.3. The van der Waals surface area contributed by atoms with Crippen LogP contribution >= 0.6 is 23.4 Å². The Balaban J connectivity index is 1.40. The van der Waals surface area contributed by atoms with Gasteiger partial charge in [0.25, 0.3) is 11.1 Å². The first kappa shape index (κ1) is 22.5. The largest absolute Gasteiger partial charge is 0.616 e. The van der Waals surface area contributed by atoms with Gasteiger partial charge in [-0.3, -0.25) is 24.6 Å². The number of hydrogen-bond donors (Lipinski definition) is 2. The van der Waals surface area contributed by atoms with Crippen molar-refractivity contribution < 1.29 is 18.9 Å². The second-order valence-corrected chi connectivity index (χ2v) is 10.8. The van der Waals surface area contributed by atoms with Crippen LogP contribution in [0.15, 0.2) is 23.1 Å². The van der Waals surface area contributed by atoms with Crippen molar-refractivity contribution in [2.75, 3.05) is 49.1 Å². The summed E-state index contributed by atoms with van der Waals surface area (Å²) in [5, 5.41) is 5.52. The van der Waals surface area contributed by atoms with Crippen molar-refractivity contribution in [3.05, 3.63) is 33.7 Å². The Hall–Kier alpha value is -1.72. The maximum atomic E-state index is 12.5. The molecule has 3 fully saturated rings. The summed E-state index contributed by atoms with van der Waals surface area (Å²) >= 11 is 6.60. The fourth-order valence-corrected chi connectivity index (χ4v) is 6.04. The smallest absolute Gasteiger partial charge is 0.290 e. The summed E-state index contributed by atoms with van der Waals surface area (Å²) in [5.41, 5.74) is 1.55. The average molecular weight is 483 g/mol. The van der Waals surface area contributed by atoms with Crippen LogP contribution in [0.25, 0.3) is 6.08 Å². The first-order valence-electron chi connectivity index (χ1n) is 10.0. The van der Waals surface area contributed by atoms with Gasteiger partial charge in [-0.1, -0.05) is 34.9 Å². The molecule has 3 aliphatic rings. The van der Waals surface area contributed by atoms with Crippen LogP contribution in [0.5, 0.6) is 0 Å². The van der Waals surface area contributed by atoms with Gasteiger partial charge < -0.3 is 14.8 Å². The van der Waals surface area contributed by atoms with Gasteiger partial charge in [0.1, 0.15) is 11.5 Å². The Bertz CT molecular complexity index is 920. The maximum absolute atomic E-state index is 12.5. The van der Waals surface area contributed by atoms with Gasteiger partial charge in [0, 0.05) is 37.8 Å². The number of nitrogens with zero attached hydrogens (tertiary/aromatic N) is 2. The number of carbonyl (C=O) groups is 3. The number of thioether (sulfide) groups is 1. The van der Waals surface area contributed by atoms with Crippen LogP contribution in [-0.4, -0.2) is 76.8 Å². The highest BCUT2D eigenvalue weighted by Gasteiger charge is 2.29. The van der Waals surface area contributed by atoms with Gasteiger partial charge in [-0.05, 0) is 30.3 Å². The highest BCUT2D eigenvalue weighted by atomic mass is 35.5. The van der Waals surface area contributed by atoms with Crippen LogP contribution in [-0.2, 0) is 20.8 Å². The molecule has 11 heteroatoms. The number of carbonyl (C=O) groups excluding carboxylic acids is 3. The Morgan fingerprint density at radius 2 is 2.10 bits per heavy atom. The van der Waals surface area contributed by atoms with E-state index in [0.717, 1.165) is 29.4 Å². The van der Waals surface area contributed by atoms with Crippen LogP contribution < -0.4 is 15.5 Å². The zero-order valence-electron chi connectivity index (χ0n) is 16.8. The molecule has 0 aliphatic carbocycles. The molecule has 3 saturated heterocycles. The highest BCUT2D eigenvalue weighted by Crippen LogP contribution is 2.36. The van der Waals surface area contributed by atoms with Gasteiger partial charge in [-0.25, -0.2) is 0 Å². The zero-order chi connectivity index (χ0) is 22.0. The van der Waals surface area contributed by atoms with Crippen molar-refractivity contribution in [3.8, 4) is 0 Å². The quantitative estimate of drug-likeness (QED) is 0.483. The Morgan fingerprint density at radius 3 is 2.81 bits per heavy atom. The number of halogens is 1. The van der Waals surface area contributed by atoms with E-state index in [2.05, 4.69) is 15.5 Å². The highest BCUT2D eigenvalue weighted by molar-refractivity contribution is 8.18. The monoisotopic (exact) mass is 482 g/mol. The van der Waals surface area contributed by atoms with Crippen molar-refractivity contribution in [3.63, 3.8) is 0 Å². The molecule has 1 atom stereocenters. The maximum Gasteiger partial charge on any atom is 0.290 e. The molecule has 0 aromatic heterocycles. The van der Waals surface area contributed by atoms with E-state index in [1.54, 1.807) is 18.2 Å². The minimum atomic E-state index is -0.759. The number of rotatable bonds is 5. The van der Waals surface area contributed by atoms with Crippen LogP contribution in [0.3, 0.4) is 0 Å². The number of imide groups is 1. The summed E-state index contributed by atoms with van der Waals surface area (Å²) in [6, 6.07) is 5.45. The van der Waals surface area contributed by atoms with Gasteiger partial charge in [-0.15, -0.1) is 0 Å². The summed E-state index contributed by atoms with van der Waals surface area (Å²) in [6.07, 6.45) is 2.46. The molecule has 0 spiro atoms. The predicted octanol–water partition coefficient (Wildman–Crippen LogP) is 1.42. The molecular weight excluding hydrogens is 460 g/mol. The van der Waals surface area contributed by atoms with E-state index in [4.69, 9.17) is 11.6 Å². The molecule has 3 aliphatic heterocycles. The molecule has 4 rings (SSSR count). The minimum absolute atomic E-state index is 0.00562. The molecule has 3 amide bonds. The van der Waals surface area contributed by atoms with E-state index in [1.165, 1.54) is 0 Å². The lowest BCUT2D eigenvalue weighted by atomic mass is 10.1. The summed E-state index contributed by atoms with van der Waals surface area (Å²) in [7, 11) is 0. The molecule has 0 saturated carbocycles. The van der Waals surface area contributed by atoms with Gasteiger partial charge in [0.2, 0.25) is 5.91 Å². The van der Waals surface area contributed by atoms with E-state index in [-0.39, 0.29) is 17.2 Å². The van der Waals surface area contributed by atoms with Crippen molar-refractivity contribution in [2.45, 2.75) is 12.5 Å². The Morgan fingerprint density at radius 1 is 1.32 bits per heavy atom. The van der Waals surface area contributed by atoms with Crippen LogP contribution in [0.4, 0.5) is 10.5 Å². The van der Waals surface area contributed by atoms with Gasteiger partial charge in [0.05, 0.1) is 22.2 Å². The summed E-state index contributed by atoms with van der Waals surface area (Å²) in [6.45, 7) is 3.00. The van der Waals surface area contributed by atoms with Crippen LogP contribution in [0.1, 0.15) is 12.0 Å². The number of anilines is 1. The fourth-order valence-electron chi connectivity index (χ4n) is 3.94. The molecule has 1 aromatic rings. The third kappa shape index (κ3) is 5.56. The zero-order valence-corrected chi connectivity index (χ0v) is 19.2. The van der Waals surface area contributed by atoms with E-state index in [0.29, 0.717) is 54.2 Å². The summed E-state index contributed by atoms with van der Waals surface area (Å²) in [5.74, 6) is 0.807. The third-order valence-corrected chi connectivity index (χ3v) is 7.85. The molecule has 2 N–H and O–H groups in total. The van der Waals surface area contributed by atoms with Crippen molar-refractivity contribution in [2.24, 2.45) is 0 Å². The predicted molar refractivity (Wildman–Crippen MR) is 124 cm³/mol. The van der Waals surface area contributed by atoms with E-state index in [9.17, 15) is 18.9 Å². The first-order valence-corrected chi connectivity index (χ1v) is 12.7. The first-order chi connectivity index (χ1) is 14.9. The summed E-state index contributed by atoms with van der Waals surface area (Å²) < 4.78 is 11.5. The van der Waals surface area contributed by atoms with Crippen molar-refractivity contribution in [1.82, 2.24) is 15.5 Å². The van der Waals surface area contributed by atoms with Gasteiger partial charge in [-0.2, -0.15) is 0 Å². The van der Waals surface area contributed by atoms with Gasteiger partial charge >= 0.3 is 0 Å².